The number of rotatable bonds is 5. The van der Waals surface area contributed by atoms with Crippen molar-refractivity contribution in [3.05, 3.63) is 40.0 Å². The second-order valence-corrected chi connectivity index (χ2v) is 7.40. The summed E-state index contributed by atoms with van der Waals surface area (Å²) in [5.74, 6) is 1.62. The van der Waals surface area contributed by atoms with E-state index in [2.05, 4.69) is 39.0 Å². The highest BCUT2D eigenvalue weighted by Gasteiger charge is 2.26. The van der Waals surface area contributed by atoms with Crippen LogP contribution in [0.1, 0.15) is 22.0 Å². The molecule has 2 aromatic heterocycles. The number of likely N-dealkylation sites (tertiary alicyclic amines) is 1. The lowest BCUT2D eigenvalue weighted by Crippen LogP contribution is -2.41. The topological polar surface area (TPSA) is 62.6 Å². The van der Waals surface area contributed by atoms with Gasteiger partial charge in [0.05, 0.1) is 17.2 Å². The SMILES string of the molecule is CN=C(NCCc1sc(C)nc1C)N1CCC(Oc2ccccn2)C1. The number of aryl methyl sites for hydroxylation is 2. The predicted molar refractivity (Wildman–Crippen MR) is 101 cm³/mol. The van der Waals surface area contributed by atoms with Crippen molar-refractivity contribution >= 4 is 17.3 Å². The van der Waals surface area contributed by atoms with Crippen molar-refractivity contribution in [3.63, 3.8) is 0 Å². The number of nitrogens with one attached hydrogen (secondary N) is 1. The number of nitrogens with zero attached hydrogens (tertiary/aromatic N) is 4. The Kier molecular flexibility index (Phi) is 5.86. The van der Waals surface area contributed by atoms with Gasteiger partial charge in [-0.1, -0.05) is 6.07 Å². The summed E-state index contributed by atoms with van der Waals surface area (Å²) in [6.07, 6.45) is 3.86. The zero-order valence-corrected chi connectivity index (χ0v) is 15.8. The molecule has 0 radical (unpaired) electrons. The summed E-state index contributed by atoms with van der Waals surface area (Å²) in [4.78, 5) is 16.7. The third-order valence-corrected chi connectivity index (χ3v) is 5.35. The quantitative estimate of drug-likeness (QED) is 0.656. The molecule has 1 aliphatic heterocycles. The number of hydrogen-bond acceptors (Lipinski definition) is 5. The van der Waals surface area contributed by atoms with Crippen LogP contribution in [0.2, 0.25) is 0 Å². The minimum absolute atomic E-state index is 0.153. The molecular formula is C18H25N5OS. The van der Waals surface area contributed by atoms with Crippen LogP contribution in [0.25, 0.3) is 0 Å². The first kappa shape index (κ1) is 17.7. The van der Waals surface area contributed by atoms with Crippen LogP contribution in [0.5, 0.6) is 5.88 Å². The van der Waals surface area contributed by atoms with E-state index in [0.717, 1.165) is 49.1 Å². The molecule has 1 unspecified atom stereocenters. The number of aliphatic imine (C=N–C) groups is 1. The van der Waals surface area contributed by atoms with E-state index in [0.29, 0.717) is 5.88 Å². The molecular weight excluding hydrogens is 334 g/mol. The largest absolute Gasteiger partial charge is 0.472 e. The monoisotopic (exact) mass is 359 g/mol. The molecule has 3 rings (SSSR count). The molecule has 0 amide bonds. The second-order valence-electron chi connectivity index (χ2n) is 6.11. The van der Waals surface area contributed by atoms with Gasteiger partial charge in [-0.2, -0.15) is 0 Å². The molecule has 0 spiro atoms. The van der Waals surface area contributed by atoms with E-state index in [9.17, 15) is 0 Å². The maximum Gasteiger partial charge on any atom is 0.213 e. The minimum atomic E-state index is 0.153. The van der Waals surface area contributed by atoms with Gasteiger partial charge in [0.15, 0.2) is 5.96 Å². The molecule has 25 heavy (non-hydrogen) atoms. The summed E-state index contributed by atoms with van der Waals surface area (Å²) in [5, 5.41) is 4.59. The van der Waals surface area contributed by atoms with E-state index in [-0.39, 0.29) is 6.10 Å². The Labute approximate surface area is 153 Å². The van der Waals surface area contributed by atoms with Gasteiger partial charge in [-0.05, 0) is 19.9 Å². The van der Waals surface area contributed by atoms with Crippen LogP contribution in [-0.4, -0.2) is 53.6 Å². The molecule has 1 fully saturated rings. The summed E-state index contributed by atoms with van der Waals surface area (Å²) < 4.78 is 5.95. The molecule has 0 saturated carbocycles. The molecule has 134 valence electrons. The molecule has 1 atom stereocenters. The van der Waals surface area contributed by atoms with Gasteiger partial charge in [-0.3, -0.25) is 4.99 Å². The van der Waals surface area contributed by atoms with Crippen molar-refractivity contribution in [3.8, 4) is 5.88 Å². The smallest absolute Gasteiger partial charge is 0.213 e. The highest BCUT2D eigenvalue weighted by atomic mass is 32.1. The maximum absolute atomic E-state index is 5.95. The first-order valence-electron chi connectivity index (χ1n) is 8.62. The van der Waals surface area contributed by atoms with Crippen molar-refractivity contribution in [2.45, 2.75) is 32.8 Å². The van der Waals surface area contributed by atoms with Crippen molar-refractivity contribution in [1.82, 2.24) is 20.2 Å². The fourth-order valence-electron chi connectivity index (χ4n) is 3.03. The molecule has 3 heterocycles. The summed E-state index contributed by atoms with van der Waals surface area (Å²) in [5.41, 5.74) is 1.14. The minimum Gasteiger partial charge on any atom is -0.472 e. The number of guanidine groups is 1. The van der Waals surface area contributed by atoms with Gasteiger partial charge in [0, 0.05) is 50.1 Å². The second kappa shape index (κ2) is 8.29. The summed E-state index contributed by atoms with van der Waals surface area (Å²) >= 11 is 1.78. The molecule has 2 aromatic rings. The third-order valence-electron chi connectivity index (χ3n) is 4.22. The van der Waals surface area contributed by atoms with Crippen LogP contribution in [0.3, 0.4) is 0 Å². The number of aromatic nitrogens is 2. The number of thiazole rings is 1. The molecule has 0 aromatic carbocycles. The van der Waals surface area contributed by atoms with Crippen LogP contribution >= 0.6 is 11.3 Å². The Morgan fingerprint density at radius 2 is 2.32 bits per heavy atom. The van der Waals surface area contributed by atoms with E-state index in [4.69, 9.17) is 4.74 Å². The van der Waals surface area contributed by atoms with E-state index in [1.165, 1.54) is 4.88 Å². The van der Waals surface area contributed by atoms with Gasteiger partial charge in [0.1, 0.15) is 6.10 Å². The van der Waals surface area contributed by atoms with E-state index in [1.54, 1.807) is 17.5 Å². The lowest BCUT2D eigenvalue weighted by atomic mass is 10.3. The number of pyridine rings is 1. The van der Waals surface area contributed by atoms with E-state index >= 15 is 0 Å². The third kappa shape index (κ3) is 4.69. The zero-order chi connectivity index (χ0) is 17.6. The van der Waals surface area contributed by atoms with Gasteiger partial charge >= 0.3 is 0 Å². The first-order chi connectivity index (χ1) is 12.2. The van der Waals surface area contributed by atoms with Crippen LogP contribution in [0, 0.1) is 13.8 Å². The fourth-order valence-corrected chi connectivity index (χ4v) is 3.97. The first-order valence-corrected chi connectivity index (χ1v) is 9.43. The Balaban J connectivity index is 1.48. The standard InChI is InChI=1S/C18H25N5OS/c1-13-16(25-14(2)22-13)7-10-21-18(19-3)23-11-8-15(12-23)24-17-6-4-5-9-20-17/h4-6,9,15H,7-8,10-12H2,1-3H3,(H,19,21). The molecule has 7 heteroatoms. The average Bonchev–Trinajstić information content (AvgIpc) is 3.19. The highest BCUT2D eigenvalue weighted by molar-refractivity contribution is 7.11. The van der Waals surface area contributed by atoms with E-state index < -0.39 is 0 Å². The van der Waals surface area contributed by atoms with E-state index in [1.807, 2.05) is 25.2 Å². The normalized spacial score (nSPS) is 17.8. The van der Waals surface area contributed by atoms with Crippen LogP contribution in [0.4, 0.5) is 0 Å². The Morgan fingerprint density at radius 1 is 1.44 bits per heavy atom. The highest BCUT2D eigenvalue weighted by Crippen LogP contribution is 2.18. The van der Waals surface area contributed by atoms with Crippen LogP contribution in [0.15, 0.2) is 29.4 Å². The predicted octanol–water partition coefficient (Wildman–Crippen LogP) is 2.43. The Bertz CT molecular complexity index is 716. The van der Waals surface area contributed by atoms with Crippen molar-refractivity contribution < 1.29 is 4.74 Å². The Hall–Kier alpha value is -2.15. The summed E-state index contributed by atoms with van der Waals surface area (Å²) in [6.45, 7) is 6.76. The van der Waals surface area contributed by atoms with Crippen LogP contribution < -0.4 is 10.1 Å². The molecule has 0 bridgehead atoms. The van der Waals surface area contributed by atoms with Gasteiger partial charge in [0.25, 0.3) is 0 Å². The van der Waals surface area contributed by atoms with Crippen molar-refractivity contribution in [2.24, 2.45) is 4.99 Å². The van der Waals surface area contributed by atoms with Crippen molar-refractivity contribution in [2.75, 3.05) is 26.7 Å². The summed E-state index contributed by atoms with van der Waals surface area (Å²) in [6, 6.07) is 5.74. The molecule has 0 aliphatic carbocycles. The fraction of sp³-hybridized carbons (Fsp3) is 0.500. The molecule has 1 aliphatic rings. The zero-order valence-electron chi connectivity index (χ0n) is 15.0. The van der Waals surface area contributed by atoms with Crippen LogP contribution in [-0.2, 0) is 6.42 Å². The van der Waals surface area contributed by atoms with Gasteiger partial charge in [-0.15, -0.1) is 11.3 Å². The molecule has 1 N–H and O–H groups in total. The maximum atomic E-state index is 5.95. The average molecular weight is 359 g/mol. The van der Waals surface area contributed by atoms with Gasteiger partial charge in [0.2, 0.25) is 5.88 Å². The van der Waals surface area contributed by atoms with Crippen molar-refractivity contribution in [1.29, 1.82) is 0 Å². The van der Waals surface area contributed by atoms with Gasteiger partial charge < -0.3 is 15.0 Å². The Morgan fingerprint density at radius 3 is 3.00 bits per heavy atom. The molecule has 6 nitrogen and oxygen atoms in total. The number of hydrogen-bond donors (Lipinski definition) is 1. The lowest BCUT2D eigenvalue weighted by molar-refractivity contribution is 0.205. The summed E-state index contributed by atoms with van der Waals surface area (Å²) in [7, 11) is 1.83. The lowest BCUT2D eigenvalue weighted by Gasteiger charge is -2.21. The number of ether oxygens (including phenoxy) is 1. The molecule has 1 saturated heterocycles. The van der Waals surface area contributed by atoms with Gasteiger partial charge in [-0.25, -0.2) is 9.97 Å².